The van der Waals surface area contributed by atoms with Gasteiger partial charge in [-0.25, -0.2) is 4.79 Å². The number of nitrogens with two attached hydrogens (primary N) is 1. The fourth-order valence-electron chi connectivity index (χ4n) is 1.52. The van der Waals surface area contributed by atoms with Crippen molar-refractivity contribution in [1.82, 2.24) is 0 Å². The standard InChI is InChI=1S/C12H15NO4/c1-2-17-11(14)7-10(13)8-5-3-4-6-9(8)12(15)16/h3-6,10H,2,7,13H2,1H3,(H,15,16)/t10-/m1/s1. The number of hydrogen-bond acceptors (Lipinski definition) is 4. The van der Waals surface area contributed by atoms with E-state index < -0.39 is 18.0 Å². The van der Waals surface area contributed by atoms with Crippen LogP contribution in [0.2, 0.25) is 0 Å². The molecule has 3 N–H and O–H groups in total. The highest BCUT2D eigenvalue weighted by molar-refractivity contribution is 5.89. The van der Waals surface area contributed by atoms with Gasteiger partial charge in [0.05, 0.1) is 18.6 Å². The lowest BCUT2D eigenvalue weighted by Crippen LogP contribution is -2.19. The number of carboxylic acids is 1. The van der Waals surface area contributed by atoms with Gasteiger partial charge in [-0.1, -0.05) is 18.2 Å². The molecular weight excluding hydrogens is 222 g/mol. The third-order valence-electron chi connectivity index (χ3n) is 2.28. The normalized spacial score (nSPS) is 11.9. The second-order valence-electron chi connectivity index (χ2n) is 3.51. The van der Waals surface area contributed by atoms with Gasteiger partial charge in [0, 0.05) is 6.04 Å². The Morgan fingerprint density at radius 3 is 2.65 bits per heavy atom. The van der Waals surface area contributed by atoms with Crippen molar-refractivity contribution < 1.29 is 19.4 Å². The van der Waals surface area contributed by atoms with E-state index in [1.54, 1.807) is 25.1 Å². The lowest BCUT2D eigenvalue weighted by atomic mass is 9.99. The van der Waals surface area contributed by atoms with E-state index in [2.05, 4.69) is 0 Å². The van der Waals surface area contributed by atoms with Gasteiger partial charge in [-0.05, 0) is 18.6 Å². The fraction of sp³-hybridized carbons (Fsp3) is 0.333. The second-order valence-corrected chi connectivity index (χ2v) is 3.51. The molecule has 1 aromatic carbocycles. The Balaban J connectivity index is 2.85. The Kier molecular flexibility index (Phi) is 4.66. The van der Waals surface area contributed by atoms with Crippen LogP contribution in [0.4, 0.5) is 0 Å². The molecule has 17 heavy (non-hydrogen) atoms. The molecule has 5 nitrogen and oxygen atoms in total. The van der Waals surface area contributed by atoms with E-state index in [1.807, 2.05) is 0 Å². The molecule has 1 aromatic rings. The minimum absolute atomic E-state index is 0.0296. The molecule has 0 aliphatic rings. The second kappa shape index (κ2) is 6.00. The van der Waals surface area contributed by atoms with Gasteiger partial charge in [-0.15, -0.1) is 0 Å². The monoisotopic (exact) mass is 237 g/mol. The summed E-state index contributed by atoms with van der Waals surface area (Å²) in [5, 5.41) is 8.98. The SMILES string of the molecule is CCOC(=O)C[C@@H](N)c1ccccc1C(=O)O. The lowest BCUT2D eigenvalue weighted by molar-refractivity contribution is -0.143. The molecule has 0 aliphatic heterocycles. The molecule has 0 radical (unpaired) electrons. The molecule has 0 amide bonds. The third kappa shape index (κ3) is 3.57. The summed E-state index contributed by atoms with van der Waals surface area (Å²) in [5.41, 5.74) is 6.35. The molecule has 0 saturated carbocycles. The van der Waals surface area contributed by atoms with Gasteiger partial charge >= 0.3 is 11.9 Å². The minimum Gasteiger partial charge on any atom is -0.478 e. The summed E-state index contributed by atoms with van der Waals surface area (Å²) in [7, 11) is 0. The van der Waals surface area contributed by atoms with Crippen LogP contribution in [0.5, 0.6) is 0 Å². The number of ether oxygens (including phenoxy) is 1. The van der Waals surface area contributed by atoms with E-state index in [4.69, 9.17) is 15.6 Å². The van der Waals surface area contributed by atoms with E-state index in [-0.39, 0.29) is 18.6 Å². The Labute approximate surface area is 99.2 Å². The summed E-state index contributed by atoms with van der Waals surface area (Å²) in [5.74, 6) is -1.49. The summed E-state index contributed by atoms with van der Waals surface area (Å²) in [6.07, 6.45) is -0.0296. The van der Waals surface area contributed by atoms with Crippen LogP contribution < -0.4 is 5.73 Å². The van der Waals surface area contributed by atoms with Crippen molar-refractivity contribution in [2.75, 3.05) is 6.61 Å². The molecule has 0 saturated heterocycles. The first kappa shape index (κ1) is 13.2. The van der Waals surface area contributed by atoms with Crippen LogP contribution in [0.1, 0.15) is 35.3 Å². The van der Waals surface area contributed by atoms with Crippen LogP contribution in [0.25, 0.3) is 0 Å². The van der Waals surface area contributed by atoms with Gasteiger partial charge in [-0.3, -0.25) is 4.79 Å². The van der Waals surface area contributed by atoms with E-state index in [1.165, 1.54) is 6.07 Å². The van der Waals surface area contributed by atoms with Crippen LogP contribution in [0.3, 0.4) is 0 Å². The highest BCUT2D eigenvalue weighted by Gasteiger charge is 2.18. The third-order valence-corrected chi connectivity index (χ3v) is 2.28. The van der Waals surface area contributed by atoms with E-state index >= 15 is 0 Å². The molecule has 1 rings (SSSR count). The number of hydrogen-bond donors (Lipinski definition) is 2. The van der Waals surface area contributed by atoms with Gasteiger partial charge in [-0.2, -0.15) is 0 Å². The van der Waals surface area contributed by atoms with Crippen LogP contribution in [-0.4, -0.2) is 23.7 Å². The number of carbonyl (C=O) groups is 2. The van der Waals surface area contributed by atoms with Crippen molar-refractivity contribution in [2.45, 2.75) is 19.4 Å². The van der Waals surface area contributed by atoms with Crippen molar-refractivity contribution in [3.05, 3.63) is 35.4 Å². The van der Waals surface area contributed by atoms with E-state index in [9.17, 15) is 9.59 Å². The zero-order chi connectivity index (χ0) is 12.8. The van der Waals surface area contributed by atoms with Crippen molar-refractivity contribution in [1.29, 1.82) is 0 Å². The molecule has 1 atom stereocenters. The highest BCUT2D eigenvalue weighted by Crippen LogP contribution is 2.19. The Morgan fingerprint density at radius 1 is 1.41 bits per heavy atom. The van der Waals surface area contributed by atoms with Crippen LogP contribution in [0.15, 0.2) is 24.3 Å². The summed E-state index contributed by atoms with van der Waals surface area (Å²) < 4.78 is 4.77. The molecular formula is C12H15NO4. The number of carbonyl (C=O) groups excluding carboxylic acids is 1. The minimum atomic E-state index is -1.06. The molecule has 0 unspecified atom stereocenters. The first-order valence-corrected chi connectivity index (χ1v) is 5.29. The van der Waals surface area contributed by atoms with Crippen LogP contribution in [-0.2, 0) is 9.53 Å². The molecule has 5 heteroatoms. The maximum atomic E-state index is 11.3. The predicted molar refractivity (Wildman–Crippen MR) is 61.6 cm³/mol. The Morgan fingerprint density at radius 2 is 2.06 bits per heavy atom. The lowest BCUT2D eigenvalue weighted by Gasteiger charge is -2.13. The van der Waals surface area contributed by atoms with Gasteiger partial charge in [0.1, 0.15) is 0 Å². The predicted octanol–water partition coefficient (Wildman–Crippen LogP) is 1.34. The molecule has 92 valence electrons. The van der Waals surface area contributed by atoms with Gasteiger partial charge in [0.25, 0.3) is 0 Å². The summed E-state index contributed by atoms with van der Waals surface area (Å²) in [4.78, 5) is 22.2. The number of carboxylic acid groups (broad SMARTS) is 1. The Bertz CT molecular complexity index is 417. The first-order chi connectivity index (χ1) is 8.06. The topological polar surface area (TPSA) is 89.6 Å². The summed E-state index contributed by atoms with van der Waals surface area (Å²) >= 11 is 0. The number of benzene rings is 1. The molecule has 0 fully saturated rings. The maximum absolute atomic E-state index is 11.3. The highest BCUT2D eigenvalue weighted by atomic mass is 16.5. The number of esters is 1. The van der Waals surface area contributed by atoms with Gasteiger partial charge in [0.2, 0.25) is 0 Å². The van der Waals surface area contributed by atoms with Crippen molar-refractivity contribution in [3.63, 3.8) is 0 Å². The summed E-state index contributed by atoms with van der Waals surface area (Å²) in [6, 6.07) is 5.70. The van der Waals surface area contributed by atoms with Gasteiger partial charge in [0.15, 0.2) is 0 Å². The van der Waals surface area contributed by atoms with Crippen molar-refractivity contribution in [2.24, 2.45) is 5.73 Å². The summed E-state index contributed by atoms with van der Waals surface area (Å²) in [6.45, 7) is 1.99. The van der Waals surface area contributed by atoms with Crippen molar-refractivity contribution >= 4 is 11.9 Å². The fourth-order valence-corrected chi connectivity index (χ4v) is 1.52. The molecule has 0 heterocycles. The molecule has 0 bridgehead atoms. The maximum Gasteiger partial charge on any atom is 0.336 e. The van der Waals surface area contributed by atoms with E-state index in [0.29, 0.717) is 5.56 Å². The molecule has 0 spiro atoms. The zero-order valence-electron chi connectivity index (χ0n) is 9.55. The average Bonchev–Trinajstić information content (AvgIpc) is 2.29. The quantitative estimate of drug-likeness (QED) is 0.754. The van der Waals surface area contributed by atoms with Crippen LogP contribution in [0, 0.1) is 0 Å². The number of aromatic carboxylic acids is 1. The largest absolute Gasteiger partial charge is 0.478 e. The number of rotatable bonds is 5. The van der Waals surface area contributed by atoms with Gasteiger partial charge < -0.3 is 15.6 Å². The van der Waals surface area contributed by atoms with E-state index in [0.717, 1.165) is 0 Å². The first-order valence-electron chi connectivity index (χ1n) is 5.29. The average molecular weight is 237 g/mol. The smallest absolute Gasteiger partial charge is 0.336 e. The Hall–Kier alpha value is -1.88. The zero-order valence-corrected chi connectivity index (χ0v) is 9.55. The van der Waals surface area contributed by atoms with Crippen LogP contribution >= 0.6 is 0 Å². The molecule has 0 aromatic heterocycles. The van der Waals surface area contributed by atoms with Crippen molar-refractivity contribution in [3.8, 4) is 0 Å². The molecule has 0 aliphatic carbocycles.